The maximum atomic E-state index is 5.23. The van der Waals surface area contributed by atoms with E-state index in [1.807, 2.05) is 41.2 Å². The Hall–Kier alpha value is -2.33. The van der Waals surface area contributed by atoms with Gasteiger partial charge in [-0.2, -0.15) is 5.10 Å². The molecular weight excluding hydrogens is 262 g/mol. The molecule has 3 rings (SSSR count). The number of pyridine rings is 1. The molecule has 21 heavy (non-hydrogen) atoms. The Kier molecular flexibility index (Phi) is 3.88. The number of fused-ring (bicyclic) bond motifs is 1. The summed E-state index contributed by atoms with van der Waals surface area (Å²) in [5.41, 5.74) is 3.51. The second-order valence-electron chi connectivity index (χ2n) is 4.89. The summed E-state index contributed by atoms with van der Waals surface area (Å²) in [4.78, 5) is 0. The number of aromatic nitrogens is 2. The van der Waals surface area contributed by atoms with Gasteiger partial charge in [-0.1, -0.05) is 25.1 Å². The van der Waals surface area contributed by atoms with Gasteiger partial charge in [0.15, 0.2) is 0 Å². The molecule has 4 nitrogen and oxygen atoms in total. The van der Waals surface area contributed by atoms with Crippen LogP contribution in [0.3, 0.4) is 0 Å². The van der Waals surface area contributed by atoms with Crippen molar-refractivity contribution in [1.82, 2.24) is 14.9 Å². The molecule has 3 aromatic rings. The summed E-state index contributed by atoms with van der Waals surface area (Å²) in [5.74, 6) is 0.869. The molecule has 0 bridgehead atoms. The van der Waals surface area contributed by atoms with Gasteiger partial charge in [0.05, 0.1) is 24.9 Å². The molecule has 0 aliphatic heterocycles. The molecule has 1 aromatic carbocycles. The van der Waals surface area contributed by atoms with Crippen molar-refractivity contribution in [2.45, 2.75) is 13.0 Å². The SMILES string of the molecule is CCNC(c1ccc(OC)cc1)c1cnn2ccccc12. The van der Waals surface area contributed by atoms with Crippen molar-refractivity contribution in [2.24, 2.45) is 0 Å². The number of rotatable bonds is 5. The molecule has 1 unspecified atom stereocenters. The molecule has 1 atom stereocenters. The van der Waals surface area contributed by atoms with Gasteiger partial charge in [-0.25, -0.2) is 4.52 Å². The van der Waals surface area contributed by atoms with Crippen molar-refractivity contribution < 1.29 is 4.74 Å². The van der Waals surface area contributed by atoms with Crippen molar-refractivity contribution in [3.63, 3.8) is 0 Å². The molecule has 0 aliphatic rings. The Morgan fingerprint density at radius 3 is 2.71 bits per heavy atom. The van der Waals surface area contributed by atoms with Crippen molar-refractivity contribution in [3.05, 3.63) is 66.0 Å². The first kappa shape index (κ1) is 13.6. The highest BCUT2D eigenvalue weighted by molar-refractivity contribution is 5.57. The van der Waals surface area contributed by atoms with Crippen LogP contribution in [0.5, 0.6) is 5.75 Å². The molecule has 108 valence electrons. The highest BCUT2D eigenvalue weighted by atomic mass is 16.5. The number of ether oxygens (including phenoxy) is 1. The molecule has 2 heterocycles. The number of methoxy groups -OCH3 is 1. The zero-order valence-corrected chi connectivity index (χ0v) is 12.3. The molecule has 4 heteroatoms. The van der Waals surface area contributed by atoms with Crippen molar-refractivity contribution in [1.29, 1.82) is 0 Å². The van der Waals surface area contributed by atoms with Crippen LogP contribution in [-0.4, -0.2) is 23.3 Å². The van der Waals surface area contributed by atoms with E-state index in [0.29, 0.717) is 0 Å². The third-order valence-corrected chi connectivity index (χ3v) is 3.62. The molecule has 0 aliphatic carbocycles. The Balaban J connectivity index is 2.04. The normalized spacial score (nSPS) is 12.5. The third kappa shape index (κ3) is 2.62. The molecule has 1 N–H and O–H groups in total. The molecule has 0 radical (unpaired) electrons. The van der Waals surface area contributed by atoms with Gasteiger partial charge < -0.3 is 10.1 Å². The zero-order chi connectivity index (χ0) is 14.7. The largest absolute Gasteiger partial charge is 0.497 e. The van der Waals surface area contributed by atoms with E-state index in [0.717, 1.165) is 17.8 Å². The summed E-state index contributed by atoms with van der Waals surface area (Å²) >= 11 is 0. The van der Waals surface area contributed by atoms with Crippen molar-refractivity contribution in [3.8, 4) is 5.75 Å². The second-order valence-corrected chi connectivity index (χ2v) is 4.89. The smallest absolute Gasteiger partial charge is 0.118 e. The summed E-state index contributed by atoms with van der Waals surface area (Å²) in [6.07, 6.45) is 3.91. The monoisotopic (exact) mass is 281 g/mol. The van der Waals surface area contributed by atoms with Crippen molar-refractivity contribution in [2.75, 3.05) is 13.7 Å². The van der Waals surface area contributed by atoms with Gasteiger partial charge in [-0.05, 0) is 36.4 Å². The van der Waals surface area contributed by atoms with E-state index in [2.05, 4.69) is 35.5 Å². The molecule has 0 amide bonds. The van der Waals surface area contributed by atoms with Crippen LogP contribution in [-0.2, 0) is 0 Å². The van der Waals surface area contributed by atoms with Gasteiger partial charge in [-0.15, -0.1) is 0 Å². The number of nitrogens with one attached hydrogen (secondary N) is 1. The van der Waals surface area contributed by atoms with E-state index >= 15 is 0 Å². The fourth-order valence-electron chi connectivity index (χ4n) is 2.58. The first-order valence-corrected chi connectivity index (χ1v) is 7.13. The van der Waals surface area contributed by atoms with Gasteiger partial charge in [-0.3, -0.25) is 0 Å². The summed E-state index contributed by atoms with van der Waals surface area (Å²) in [5, 5.41) is 7.97. The van der Waals surface area contributed by atoms with Crippen LogP contribution < -0.4 is 10.1 Å². The molecule has 0 spiro atoms. The Labute approximate surface area is 124 Å². The second kappa shape index (κ2) is 5.97. The summed E-state index contributed by atoms with van der Waals surface area (Å²) in [6, 6.07) is 14.4. The topological polar surface area (TPSA) is 38.6 Å². The van der Waals surface area contributed by atoms with Gasteiger partial charge in [0.25, 0.3) is 0 Å². The van der Waals surface area contributed by atoms with E-state index in [1.54, 1.807) is 7.11 Å². The van der Waals surface area contributed by atoms with Crippen LogP contribution in [0.2, 0.25) is 0 Å². The number of benzene rings is 1. The van der Waals surface area contributed by atoms with Crippen LogP contribution in [0, 0.1) is 0 Å². The highest BCUT2D eigenvalue weighted by Gasteiger charge is 2.17. The van der Waals surface area contributed by atoms with Gasteiger partial charge in [0.2, 0.25) is 0 Å². The van der Waals surface area contributed by atoms with Crippen LogP contribution in [0.15, 0.2) is 54.9 Å². The molecular formula is C17H19N3O. The molecule has 0 fully saturated rings. The number of hydrogen-bond acceptors (Lipinski definition) is 3. The summed E-state index contributed by atoms with van der Waals surface area (Å²) < 4.78 is 7.14. The first-order chi connectivity index (χ1) is 10.3. The quantitative estimate of drug-likeness (QED) is 0.781. The average Bonchev–Trinajstić information content (AvgIpc) is 2.97. The predicted octanol–water partition coefficient (Wildman–Crippen LogP) is 3.04. The minimum atomic E-state index is 0.126. The molecule has 2 aromatic heterocycles. The maximum Gasteiger partial charge on any atom is 0.118 e. The maximum absolute atomic E-state index is 5.23. The van der Waals surface area contributed by atoms with E-state index in [-0.39, 0.29) is 6.04 Å². The fraction of sp³-hybridized carbons (Fsp3) is 0.235. The van der Waals surface area contributed by atoms with Crippen LogP contribution in [0.1, 0.15) is 24.1 Å². The molecule has 0 saturated carbocycles. The first-order valence-electron chi connectivity index (χ1n) is 7.13. The summed E-state index contributed by atoms with van der Waals surface area (Å²) in [6.45, 7) is 3.00. The lowest BCUT2D eigenvalue weighted by Gasteiger charge is -2.18. The highest BCUT2D eigenvalue weighted by Crippen LogP contribution is 2.27. The Morgan fingerprint density at radius 1 is 1.19 bits per heavy atom. The lowest BCUT2D eigenvalue weighted by atomic mass is 9.99. The lowest BCUT2D eigenvalue weighted by molar-refractivity contribution is 0.414. The van der Waals surface area contributed by atoms with Crippen molar-refractivity contribution >= 4 is 5.52 Å². The minimum Gasteiger partial charge on any atom is -0.497 e. The predicted molar refractivity (Wildman–Crippen MR) is 83.7 cm³/mol. The fourth-order valence-corrected chi connectivity index (χ4v) is 2.58. The van der Waals surface area contributed by atoms with Gasteiger partial charge in [0, 0.05) is 11.8 Å². The summed E-state index contributed by atoms with van der Waals surface area (Å²) in [7, 11) is 1.68. The van der Waals surface area contributed by atoms with Crippen LogP contribution in [0.4, 0.5) is 0 Å². The van der Waals surface area contributed by atoms with Gasteiger partial charge >= 0.3 is 0 Å². The Morgan fingerprint density at radius 2 is 2.00 bits per heavy atom. The minimum absolute atomic E-state index is 0.126. The Bertz CT molecular complexity index is 718. The van der Waals surface area contributed by atoms with E-state index < -0.39 is 0 Å². The van der Waals surface area contributed by atoms with E-state index in [9.17, 15) is 0 Å². The van der Waals surface area contributed by atoms with Crippen LogP contribution >= 0.6 is 0 Å². The van der Waals surface area contributed by atoms with Crippen LogP contribution in [0.25, 0.3) is 5.52 Å². The lowest BCUT2D eigenvalue weighted by Crippen LogP contribution is -2.21. The van der Waals surface area contributed by atoms with Gasteiger partial charge in [0.1, 0.15) is 5.75 Å². The average molecular weight is 281 g/mol. The number of hydrogen-bond donors (Lipinski definition) is 1. The molecule has 0 saturated heterocycles. The third-order valence-electron chi connectivity index (χ3n) is 3.62. The zero-order valence-electron chi connectivity index (χ0n) is 12.3. The standard InChI is InChI=1S/C17H19N3O/c1-3-18-17(13-7-9-14(21-2)10-8-13)15-12-19-20-11-5-4-6-16(15)20/h4-12,17-18H,3H2,1-2H3. The van der Waals surface area contributed by atoms with E-state index in [4.69, 9.17) is 4.74 Å². The number of nitrogens with zero attached hydrogens (tertiary/aromatic N) is 2. The van der Waals surface area contributed by atoms with E-state index in [1.165, 1.54) is 11.1 Å².